The second-order valence-electron chi connectivity index (χ2n) is 14.2. The fourth-order valence-corrected chi connectivity index (χ4v) is 7.44. The van der Waals surface area contributed by atoms with E-state index in [4.69, 9.17) is 23.7 Å². The molecule has 0 aromatic carbocycles. The molecule has 0 bridgehead atoms. The standard InChI is InChI=1S/C41H52IN11O8/c1-57-34-27-47-39(36-35(34)32(26-46-36)37(54)41(56)52-11-6-30(7-12-52)31(25-43)33-5-2-3-8-44-33)53-29-48-38(49-53)40(55)45-9-4-10-50-13-15-51(16-14-50)17-18-58-19-20-59-21-22-60-23-24-61-28-42/h2-3,5,8,26-27,29,46H,4,6-7,9-24,28H2,1H3,(H,45,55). The number of allylic oxidation sites excluding steroid dienone is 1. The summed E-state index contributed by atoms with van der Waals surface area (Å²) in [4.78, 5) is 62.6. The molecule has 2 N–H and O–H groups in total. The van der Waals surface area contributed by atoms with Gasteiger partial charge in [-0.15, -0.1) is 5.10 Å². The van der Waals surface area contributed by atoms with Crippen LogP contribution in [0.4, 0.5) is 0 Å². The number of nitrogens with zero attached hydrogens (tertiary/aromatic N) is 9. The fourth-order valence-electron chi connectivity index (χ4n) is 7.13. The fraction of sp³-hybridized carbons (Fsp3) is 0.512. The highest BCUT2D eigenvalue weighted by atomic mass is 127. The van der Waals surface area contributed by atoms with Crippen LogP contribution in [0.2, 0.25) is 0 Å². The lowest BCUT2D eigenvalue weighted by molar-refractivity contribution is -0.126. The molecule has 4 aromatic rings. The zero-order valence-corrected chi connectivity index (χ0v) is 36.5. The molecular weight excluding hydrogens is 901 g/mol. The number of amides is 2. The summed E-state index contributed by atoms with van der Waals surface area (Å²) >= 11 is 2.16. The highest BCUT2D eigenvalue weighted by molar-refractivity contribution is 14.1. The molecule has 2 aliphatic heterocycles. The van der Waals surface area contributed by atoms with Gasteiger partial charge in [-0.1, -0.05) is 28.7 Å². The van der Waals surface area contributed by atoms with Crippen LogP contribution in [0.25, 0.3) is 22.3 Å². The summed E-state index contributed by atoms with van der Waals surface area (Å²) in [6, 6.07) is 7.64. The molecule has 2 amide bonds. The maximum atomic E-state index is 13.7. The largest absolute Gasteiger partial charge is 0.494 e. The second kappa shape index (κ2) is 23.9. The smallest absolute Gasteiger partial charge is 0.295 e. The molecule has 0 aliphatic carbocycles. The van der Waals surface area contributed by atoms with E-state index in [1.54, 1.807) is 18.3 Å². The lowest BCUT2D eigenvalue weighted by Gasteiger charge is -2.34. The molecule has 4 aromatic heterocycles. The number of piperazine rings is 1. The Morgan fingerprint density at radius 1 is 0.885 bits per heavy atom. The van der Waals surface area contributed by atoms with E-state index < -0.39 is 17.6 Å². The predicted molar refractivity (Wildman–Crippen MR) is 232 cm³/mol. The maximum Gasteiger partial charge on any atom is 0.295 e. The lowest BCUT2D eigenvalue weighted by Crippen LogP contribution is -2.47. The Labute approximate surface area is 367 Å². The van der Waals surface area contributed by atoms with Crippen molar-refractivity contribution in [1.29, 1.82) is 5.26 Å². The molecule has 61 heavy (non-hydrogen) atoms. The Hall–Kier alpha value is -4.89. The number of Topliss-reactive ketones (excluding diaryl/α,β-unsaturated/α-hetero) is 1. The molecule has 0 spiro atoms. The van der Waals surface area contributed by atoms with E-state index in [0.717, 1.165) is 51.3 Å². The van der Waals surface area contributed by atoms with Crippen molar-refractivity contribution in [1.82, 2.24) is 49.7 Å². The number of nitriles is 1. The van der Waals surface area contributed by atoms with Gasteiger partial charge < -0.3 is 43.8 Å². The number of fused-ring (bicyclic) bond motifs is 1. The number of aromatic nitrogens is 6. The van der Waals surface area contributed by atoms with Crippen molar-refractivity contribution in [2.75, 3.05) is 117 Å². The number of halogens is 1. The number of likely N-dealkylation sites (tertiary alicyclic amines) is 1. The summed E-state index contributed by atoms with van der Waals surface area (Å²) in [7, 11) is 1.45. The SMILES string of the molecule is COc1cnc(-n2cnc(C(=O)NCCCN3CCN(CCOCCOCCOCCOCI)CC3)n2)c2[nH]cc(C(=O)C(=O)N3CCC(=C(C#N)c4ccccn4)CC3)c12. The van der Waals surface area contributed by atoms with Gasteiger partial charge in [-0.25, -0.2) is 9.97 Å². The van der Waals surface area contributed by atoms with Crippen molar-refractivity contribution in [2.24, 2.45) is 0 Å². The van der Waals surface area contributed by atoms with Gasteiger partial charge in [-0.05, 0) is 43.5 Å². The monoisotopic (exact) mass is 953 g/mol. The number of H-pyrrole nitrogens is 1. The molecule has 0 atom stereocenters. The summed E-state index contributed by atoms with van der Waals surface area (Å²) in [6.45, 7) is 10.6. The number of pyridine rings is 2. The molecule has 326 valence electrons. The second-order valence-corrected chi connectivity index (χ2v) is 14.8. The minimum atomic E-state index is -0.714. The number of carbonyl (C=O) groups is 3. The molecule has 19 nitrogen and oxygen atoms in total. The van der Waals surface area contributed by atoms with Crippen LogP contribution in [-0.2, 0) is 23.7 Å². The van der Waals surface area contributed by atoms with Gasteiger partial charge in [0, 0.05) is 64.8 Å². The van der Waals surface area contributed by atoms with Gasteiger partial charge in [-0.3, -0.25) is 24.3 Å². The van der Waals surface area contributed by atoms with Gasteiger partial charge in [0.2, 0.25) is 5.82 Å². The molecule has 2 aliphatic rings. The molecule has 2 saturated heterocycles. The van der Waals surface area contributed by atoms with Gasteiger partial charge in [0.15, 0.2) is 5.82 Å². The van der Waals surface area contributed by atoms with Crippen LogP contribution in [-0.4, -0.2) is 179 Å². The van der Waals surface area contributed by atoms with E-state index in [-0.39, 0.29) is 36.0 Å². The predicted octanol–water partition coefficient (Wildman–Crippen LogP) is 2.53. The maximum absolute atomic E-state index is 13.7. The first-order valence-corrected chi connectivity index (χ1v) is 21.9. The third-order valence-corrected chi connectivity index (χ3v) is 10.9. The average molecular weight is 954 g/mol. The van der Waals surface area contributed by atoms with E-state index in [2.05, 4.69) is 68.8 Å². The number of alkyl halides is 1. The Morgan fingerprint density at radius 2 is 1.57 bits per heavy atom. The number of rotatable bonds is 23. The van der Waals surface area contributed by atoms with Crippen LogP contribution in [0.1, 0.15) is 45.9 Å². The number of piperidine rings is 1. The van der Waals surface area contributed by atoms with Crippen LogP contribution in [0.3, 0.4) is 0 Å². The first-order valence-electron chi connectivity index (χ1n) is 20.3. The number of carbonyl (C=O) groups excluding carboxylic acids is 3. The topological polar surface area (TPSA) is 215 Å². The number of nitrogens with one attached hydrogen (secondary N) is 2. The third-order valence-electron chi connectivity index (χ3n) is 10.4. The normalized spacial score (nSPS) is 14.9. The molecule has 6 rings (SSSR count). The number of ketones is 1. The Morgan fingerprint density at radius 3 is 2.23 bits per heavy atom. The van der Waals surface area contributed by atoms with Gasteiger partial charge in [0.1, 0.15) is 18.1 Å². The number of hydrogen-bond donors (Lipinski definition) is 2. The highest BCUT2D eigenvalue weighted by Gasteiger charge is 2.31. The molecule has 0 radical (unpaired) electrons. The molecule has 0 unspecified atom stereocenters. The van der Waals surface area contributed by atoms with Crippen molar-refractivity contribution in [3.63, 3.8) is 0 Å². The molecule has 20 heteroatoms. The zero-order valence-electron chi connectivity index (χ0n) is 34.4. The zero-order chi connectivity index (χ0) is 42.8. The van der Waals surface area contributed by atoms with Crippen molar-refractivity contribution < 1.29 is 38.1 Å². The van der Waals surface area contributed by atoms with Gasteiger partial charge in [0.25, 0.3) is 17.6 Å². The van der Waals surface area contributed by atoms with Gasteiger partial charge >= 0.3 is 0 Å². The Balaban J connectivity index is 0.923. The van der Waals surface area contributed by atoms with Crippen LogP contribution >= 0.6 is 22.6 Å². The highest BCUT2D eigenvalue weighted by Crippen LogP contribution is 2.32. The van der Waals surface area contributed by atoms with E-state index >= 15 is 0 Å². The van der Waals surface area contributed by atoms with E-state index in [1.807, 2.05) is 6.07 Å². The molecule has 2 fully saturated rings. The molecule has 0 saturated carbocycles. The van der Waals surface area contributed by atoms with Gasteiger partial charge in [-0.2, -0.15) is 9.94 Å². The van der Waals surface area contributed by atoms with E-state index in [9.17, 15) is 19.6 Å². The van der Waals surface area contributed by atoms with E-state index in [0.29, 0.717) is 92.4 Å². The number of methoxy groups -OCH3 is 1. The number of ether oxygens (including phenoxy) is 5. The van der Waals surface area contributed by atoms with Crippen LogP contribution in [0.15, 0.2) is 48.7 Å². The van der Waals surface area contributed by atoms with Crippen molar-refractivity contribution in [3.05, 3.63) is 65.8 Å². The molecule has 6 heterocycles. The minimum Gasteiger partial charge on any atom is -0.494 e. The quantitative estimate of drug-likeness (QED) is 0.0273. The summed E-state index contributed by atoms with van der Waals surface area (Å²) in [6.07, 6.45) is 7.56. The van der Waals surface area contributed by atoms with Crippen LogP contribution in [0, 0.1) is 11.3 Å². The summed E-state index contributed by atoms with van der Waals surface area (Å²) < 4.78 is 29.5. The van der Waals surface area contributed by atoms with Crippen LogP contribution < -0.4 is 10.1 Å². The average Bonchev–Trinajstić information content (AvgIpc) is 3.98. The first-order chi connectivity index (χ1) is 29.9. The third kappa shape index (κ3) is 12.6. The first kappa shape index (κ1) is 45.6. The number of aromatic amines is 1. The Kier molecular flexibility index (Phi) is 17.9. The summed E-state index contributed by atoms with van der Waals surface area (Å²) in [5.74, 6) is -1.27. The van der Waals surface area contributed by atoms with Gasteiger partial charge in [0.05, 0.1) is 91.9 Å². The summed E-state index contributed by atoms with van der Waals surface area (Å²) in [5, 5.41) is 17.4. The summed E-state index contributed by atoms with van der Waals surface area (Å²) in [5.41, 5.74) is 2.49. The lowest BCUT2D eigenvalue weighted by atomic mass is 9.95. The van der Waals surface area contributed by atoms with Crippen molar-refractivity contribution in [2.45, 2.75) is 19.3 Å². The van der Waals surface area contributed by atoms with Crippen molar-refractivity contribution in [3.8, 4) is 17.6 Å². The minimum absolute atomic E-state index is 0.0329. The number of hydrogen-bond acceptors (Lipinski definition) is 15. The van der Waals surface area contributed by atoms with Crippen molar-refractivity contribution >= 4 is 56.7 Å². The van der Waals surface area contributed by atoms with Crippen LogP contribution in [0.5, 0.6) is 5.75 Å². The van der Waals surface area contributed by atoms with E-state index in [1.165, 1.54) is 35.4 Å². The molecular formula is C41H52IN11O8. The Bertz CT molecular complexity index is 2120.